The molecule has 0 aromatic carbocycles. The third-order valence-corrected chi connectivity index (χ3v) is 3.91. The largest absolute Gasteiger partial charge is 0.480 e. The predicted octanol–water partition coefficient (Wildman–Crippen LogP) is 2.14. The molecule has 2 amide bonds. The van der Waals surface area contributed by atoms with E-state index < -0.39 is 12.0 Å². The predicted molar refractivity (Wildman–Crippen MR) is 71.9 cm³/mol. The summed E-state index contributed by atoms with van der Waals surface area (Å²) in [6.45, 7) is 1.15. The highest BCUT2D eigenvalue weighted by Gasteiger charge is 2.31. The van der Waals surface area contributed by atoms with Gasteiger partial charge < -0.3 is 15.3 Å². The number of urea groups is 1. The Morgan fingerprint density at radius 3 is 2.89 bits per heavy atom. The molecule has 1 unspecified atom stereocenters. The van der Waals surface area contributed by atoms with E-state index in [0.717, 1.165) is 32.1 Å². The number of carboxylic acid groups (broad SMARTS) is 1. The number of nitrogens with one attached hydrogen (secondary N) is 1. The summed E-state index contributed by atoms with van der Waals surface area (Å²) in [5.74, 6) is -0.895. The second-order valence-electron chi connectivity index (χ2n) is 5.28. The number of allylic oxidation sites excluding steroid dienone is 1. The molecule has 5 heteroatoms. The Hall–Kier alpha value is -1.52. The first-order valence-corrected chi connectivity index (χ1v) is 7.13. The molecule has 1 atom stereocenters. The molecular weight excluding hydrogens is 244 g/mol. The van der Waals surface area contributed by atoms with Crippen LogP contribution in [-0.4, -0.2) is 41.1 Å². The normalized spacial score (nSPS) is 23.1. The van der Waals surface area contributed by atoms with Gasteiger partial charge >= 0.3 is 12.0 Å². The fourth-order valence-electron chi connectivity index (χ4n) is 2.83. The van der Waals surface area contributed by atoms with Gasteiger partial charge in [0.15, 0.2) is 0 Å². The van der Waals surface area contributed by atoms with Gasteiger partial charge in [-0.15, -0.1) is 0 Å². The molecule has 106 valence electrons. The third-order valence-electron chi connectivity index (χ3n) is 3.91. The first kappa shape index (κ1) is 13.9. The van der Waals surface area contributed by atoms with E-state index in [9.17, 15) is 9.59 Å². The maximum absolute atomic E-state index is 12.0. The zero-order valence-electron chi connectivity index (χ0n) is 11.2. The molecule has 1 aliphatic heterocycles. The van der Waals surface area contributed by atoms with Gasteiger partial charge in [-0.1, -0.05) is 11.6 Å². The molecule has 1 saturated heterocycles. The van der Waals surface area contributed by atoms with Crippen LogP contribution in [0.1, 0.15) is 44.9 Å². The van der Waals surface area contributed by atoms with Gasteiger partial charge in [0.2, 0.25) is 0 Å². The Morgan fingerprint density at radius 1 is 1.37 bits per heavy atom. The van der Waals surface area contributed by atoms with Crippen molar-refractivity contribution in [1.82, 2.24) is 10.2 Å². The summed E-state index contributed by atoms with van der Waals surface area (Å²) < 4.78 is 0. The molecule has 0 aromatic rings. The number of carboxylic acids is 1. The molecule has 0 saturated carbocycles. The van der Waals surface area contributed by atoms with Crippen molar-refractivity contribution in [1.29, 1.82) is 0 Å². The quantitative estimate of drug-likeness (QED) is 0.766. The van der Waals surface area contributed by atoms with Crippen molar-refractivity contribution in [3.8, 4) is 0 Å². The van der Waals surface area contributed by atoms with Crippen LogP contribution in [0.5, 0.6) is 0 Å². The van der Waals surface area contributed by atoms with Crippen LogP contribution in [0.15, 0.2) is 11.6 Å². The van der Waals surface area contributed by atoms with Crippen molar-refractivity contribution in [3.63, 3.8) is 0 Å². The van der Waals surface area contributed by atoms with Crippen LogP contribution >= 0.6 is 0 Å². The number of hydrogen-bond donors (Lipinski definition) is 2. The van der Waals surface area contributed by atoms with Gasteiger partial charge in [-0.3, -0.25) is 0 Å². The molecule has 2 rings (SSSR count). The Balaban J connectivity index is 1.78. The van der Waals surface area contributed by atoms with Crippen LogP contribution in [0.4, 0.5) is 4.79 Å². The minimum Gasteiger partial charge on any atom is -0.480 e. The van der Waals surface area contributed by atoms with Gasteiger partial charge in [-0.2, -0.15) is 0 Å². The van der Waals surface area contributed by atoms with Crippen LogP contribution < -0.4 is 5.32 Å². The van der Waals surface area contributed by atoms with E-state index in [2.05, 4.69) is 11.4 Å². The van der Waals surface area contributed by atoms with Crippen LogP contribution in [0.2, 0.25) is 0 Å². The van der Waals surface area contributed by atoms with E-state index >= 15 is 0 Å². The number of rotatable bonds is 4. The lowest BCUT2D eigenvalue weighted by Gasteiger charge is -2.32. The average molecular weight is 266 g/mol. The minimum atomic E-state index is -0.895. The Bertz CT molecular complexity index is 379. The van der Waals surface area contributed by atoms with Gasteiger partial charge in [0.25, 0.3) is 0 Å². The van der Waals surface area contributed by atoms with Crippen molar-refractivity contribution < 1.29 is 14.7 Å². The standard InChI is InChI=1S/C14H22N2O3/c17-13(18)12-7-3-4-10-16(12)14(19)15-9-8-11-5-1-2-6-11/h5,12H,1-4,6-10H2,(H,15,19)(H,17,18). The van der Waals surface area contributed by atoms with Crippen molar-refractivity contribution in [2.24, 2.45) is 0 Å². The molecule has 2 aliphatic rings. The van der Waals surface area contributed by atoms with E-state index in [1.54, 1.807) is 0 Å². The number of nitrogens with zero attached hydrogens (tertiary/aromatic N) is 1. The van der Waals surface area contributed by atoms with Gasteiger partial charge in [-0.25, -0.2) is 9.59 Å². The lowest BCUT2D eigenvalue weighted by Crippen LogP contribution is -2.52. The van der Waals surface area contributed by atoms with E-state index in [1.165, 1.54) is 16.9 Å². The van der Waals surface area contributed by atoms with Crippen LogP contribution in [0.3, 0.4) is 0 Å². The van der Waals surface area contributed by atoms with Crippen molar-refractivity contribution in [3.05, 3.63) is 11.6 Å². The smallest absolute Gasteiger partial charge is 0.326 e. The molecule has 5 nitrogen and oxygen atoms in total. The molecular formula is C14H22N2O3. The van der Waals surface area contributed by atoms with E-state index in [-0.39, 0.29) is 6.03 Å². The lowest BCUT2D eigenvalue weighted by atomic mass is 10.0. The molecule has 0 radical (unpaired) electrons. The number of piperidine rings is 1. The molecule has 19 heavy (non-hydrogen) atoms. The molecule has 1 aliphatic carbocycles. The summed E-state index contributed by atoms with van der Waals surface area (Å²) in [5.41, 5.74) is 1.41. The zero-order chi connectivity index (χ0) is 13.7. The van der Waals surface area contributed by atoms with Gasteiger partial charge in [0, 0.05) is 13.1 Å². The topological polar surface area (TPSA) is 69.6 Å². The molecule has 0 spiro atoms. The Labute approximate surface area is 113 Å². The van der Waals surface area contributed by atoms with Crippen molar-refractivity contribution in [2.75, 3.05) is 13.1 Å². The summed E-state index contributed by atoms with van der Waals surface area (Å²) in [6, 6.07) is -0.884. The van der Waals surface area contributed by atoms with Crippen LogP contribution in [0, 0.1) is 0 Å². The highest BCUT2D eigenvalue weighted by Crippen LogP contribution is 2.20. The number of carbonyl (C=O) groups excluding carboxylic acids is 1. The highest BCUT2D eigenvalue weighted by atomic mass is 16.4. The average Bonchev–Trinajstić information content (AvgIpc) is 2.91. The van der Waals surface area contributed by atoms with Gasteiger partial charge in [0.05, 0.1) is 0 Å². The summed E-state index contributed by atoms with van der Waals surface area (Å²) in [4.78, 5) is 24.6. The highest BCUT2D eigenvalue weighted by molar-refractivity contribution is 5.82. The molecule has 0 bridgehead atoms. The second kappa shape index (κ2) is 6.59. The molecule has 1 heterocycles. The van der Waals surface area contributed by atoms with Gasteiger partial charge in [0.1, 0.15) is 6.04 Å². The fourth-order valence-corrected chi connectivity index (χ4v) is 2.83. The number of amides is 2. The Morgan fingerprint density at radius 2 is 2.21 bits per heavy atom. The fraction of sp³-hybridized carbons (Fsp3) is 0.714. The first-order valence-electron chi connectivity index (χ1n) is 7.13. The number of carbonyl (C=O) groups is 2. The van der Waals surface area contributed by atoms with Gasteiger partial charge in [-0.05, 0) is 44.9 Å². The van der Waals surface area contributed by atoms with E-state index in [4.69, 9.17) is 5.11 Å². The number of hydrogen-bond acceptors (Lipinski definition) is 2. The molecule has 2 N–H and O–H groups in total. The minimum absolute atomic E-state index is 0.231. The van der Waals surface area contributed by atoms with Crippen molar-refractivity contribution in [2.45, 2.75) is 51.0 Å². The molecule has 1 fully saturated rings. The van der Waals surface area contributed by atoms with Crippen LogP contribution in [-0.2, 0) is 4.79 Å². The lowest BCUT2D eigenvalue weighted by molar-refractivity contribution is -0.143. The van der Waals surface area contributed by atoms with E-state index in [1.807, 2.05) is 0 Å². The van der Waals surface area contributed by atoms with E-state index in [0.29, 0.717) is 19.5 Å². The van der Waals surface area contributed by atoms with Crippen LogP contribution in [0.25, 0.3) is 0 Å². The Kier molecular flexibility index (Phi) is 4.82. The molecule has 0 aromatic heterocycles. The zero-order valence-corrected chi connectivity index (χ0v) is 11.2. The summed E-state index contributed by atoms with van der Waals surface area (Å²) in [7, 11) is 0. The number of aliphatic carboxylic acids is 1. The number of likely N-dealkylation sites (tertiary alicyclic amines) is 1. The third kappa shape index (κ3) is 3.72. The summed E-state index contributed by atoms with van der Waals surface area (Å²) in [5, 5.41) is 12.0. The SMILES string of the molecule is O=C(O)C1CCCCN1C(=O)NCCC1=CCCC1. The summed E-state index contributed by atoms with van der Waals surface area (Å²) >= 11 is 0. The maximum atomic E-state index is 12.0. The first-order chi connectivity index (χ1) is 9.18. The second-order valence-corrected chi connectivity index (χ2v) is 5.28. The monoisotopic (exact) mass is 266 g/mol. The van der Waals surface area contributed by atoms with Crippen molar-refractivity contribution >= 4 is 12.0 Å². The maximum Gasteiger partial charge on any atom is 0.326 e. The summed E-state index contributed by atoms with van der Waals surface area (Å²) in [6.07, 6.45) is 8.97.